The minimum absolute atomic E-state index is 0.0496. The molecule has 1 saturated heterocycles. The molecule has 22 heavy (non-hydrogen) atoms. The minimum atomic E-state index is -4.74. The van der Waals surface area contributed by atoms with Crippen molar-refractivity contribution in [1.82, 2.24) is 0 Å². The Kier molecular flexibility index (Phi) is 4.71. The van der Waals surface area contributed by atoms with Crippen molar-refractivity contribution in [3.8, 4) is 0 Å². The van der Waals surface area contributed by atoms with E-state index in [4.69, 9.17) is 0 Å². The van der Waals surface area contributed by atoms with Crippen LogP contribution in [0.5, 0.6) is 0 Å². The summed E-state index contributed by atoms with van der Waals surface area (Å²) in [5, 5.41) is 0. The number of thioether (sulfide) groups is 1. The van der Waals surface area contributed by atoms with Crippen molar-refractivity contribution >= 4 is 33.6 Å². The van der Waals surface area contributed by atoms with Crippen LogP contribution in [0.15, 0.2) is 29.2 Å². The first kappa shape index (κ1) is 17.1. The highest BCUT2D eigenvalue weighted by molar-refractivity contribution is 8.00. The number of benzene rings is 1. The molecule has 10 heteroatoms. The topological polar surface area (TPSA) is 54.5 Å². The van der Waals surface area contributed by atoms with Gasteiger partial charge in [0.25, 0.3) is 0 Å². The van der Waals surface area contributed by atoms with Crippen LogP contribution < -0.4 is 4.90 Å². The summed E-state index contributed by atoms with van der Waals surface area (Å²) >= 11 is -0.356. The molecular formula is C12H11F4NO3S2. The molecule has 1 heterocycles. The first-order valence-electron chi connectivity index (χ1n) is 6.12. The second-order valence-corrected chi connectivity index (χ2v) is 7.31. The smallest absolute Gasteiger partial charge is 0.311 e. The number of para-hydroxylation sites is 1. The van der Waals surface area contributed by atoms with Crippen LogP contribution in [0.4, 0.5) is 22.7 Å². The predicted molar refractivity (Wildman–Crippen MR) is 73.7 cm³/mol. The summed E-state index contributed by atoms with van der Waals surface area (Å²) in [6, 6.07) is 5.45. The lowest BCUT2D eigenvalue weighted by Gasteiger charge is -2.20. The van der Waals surface area contributed by atoms with E-state index in [0.717, 1.165) is 4.90 Å². The summed E-state index contributed by atoms with van der Waals surface area (Å²) in [6.07, 6.45) is -0.214. The largest absolute Gasteiger partial charge is 0.446 e. The third-order valence-electron chi connectivity index (χ3n) is 3.02. The van der Waals surface area contributed by atoms with Crippen molar-refractivity contribution in [3.05, 3.63) is 24.3 Å². The fourth-order valence-corrected chi connectivity index (χ4v) is 3.76. The van der Waals surface area contributed by atoms with Crippen LogP contribution in [0.25, 0.3) is 0 Å². The second-order valence-electron chi connectivity index (χ2n) is 4.80. The third kappa shape index (κ3) is 4.60. The lowest BCUT2D eigenvalue weighted by Crippen LogP contribution is -2.26. The Hall–Kier alpha value is -1.29. The van der Waals surface area contributed by atoms with Gasteiger partial charge in [-0.05, 0) is 23.9 Å². The van der Waals surface area contributed by atoms with Crippen molar-refractivity contribution in [1.29, 1.82) is 0 Å². The van der Waals surface area contributed by atoms with Gasteiger partial charge in [0.2, 0.25) is 5.91 Å². The zero-order chi connectivity index (χ0) is 16.5. The molecule has 0 N–H and O–H groups in total. The normalized spacial score (nSPS) is 19.7. The van der Waals surface area contributed by atoms with Gasteiger partial charge in [0.15, 0.2) is 0 Å². The first-order valence-corrected chi connectivity index (χ1v) is 8.49. The van der Waals surface area contributed by atoms with E-state index in [1.807, 2.05) is 0 Å². The Bertz CT molecular complexity index is 675. The Morgan fingerprint density at radius 2 is 1.91 bits per heavy atom. The molecule has 0 aliphatic carbocycles. The van der Waals surface area contributed by atoms with Gasteiger partial charge in [0.05, 0.1) is 11.4 Å². The van der Waals surface area contributed by atoms with Crippen LogP contribution in [0.1, 0.15) is 6.42 Å². The molecular weight excluding hydrogens is 346 g/mol. The predicted octanol–water partition coefficient (Wildman–Crippen LogP) is 2.95. The van der Waals surface area contributed by atoms with Crippen LogP contribution in [-0.2, 0) is 15.0 Å². The van der Waals surface area contributed by atoms with Gasteiger partial charge >= 0.3 is 15.7 Å². The summed E-state index contributed by atoms with van der Waals surface area (Å²) in [5.74, 6) is -2.11. The van der Waals surface area contributed by atoms with Crippen LogP contribution in [0.2, 0.25) is 0 Å². The number of rotatable bonds is 4. The standard InChI is InChI=1S/C12H11F4NO3S2/c13-12(14,15)21-10-4-2-1-3-9(10)17-6-8(5-11(17)18)7-22(16,19)20/h1-4,8H,5-7H2. The Balaban J connectivity index is 2.24. The van der Waals surface area contributed by atoms with E-state index in [1.165, 1.54) is 24.3 Å². The van der Waals surface area contributed by atoms with Crippen LogP contribution in [0.3, 0.4) is 0 Å². The summed E-state index contributed by atoms with van der Waals surface area (Å²) in [6.45, 7) is -0.128. The number of alkyl halides is 3. The Labute approximate surface area is 128 Å². The van der Waals surface area contributed by atoms with Crippen molar-refractivity contribution in [2.24, 2.45) is 5.92 Å². The zero-order valence-corrected chi connectivity index (χ0v) is 12.6. The number of anilines is 1. The quantitative estimate of drug-likeness (QED) is 0.472. The van der Waals surface area contributed by atoms with E-state index >= 15 is 0 Å². The van der Waals surface area contributed by atoms with Crippen molar-refractivity contribution in [2.75, 3.05) is 17.2 Å². The molecule has 1 aliphatic heterocycles. The molecule has 4 nitrogen and oxygen atoms in total. The third-order valence-corrected chi connectivity index (χ3v) is 4.69. The number of amides is 1. The minimum Gasteiger partial charge on any atom is -0.311 e. The summed E-state index contributed by atoms with van der Waals surface area (Å²) in [7, 11) is -4.74. The maximum absolute atomic E-state index is 12.7. The molecule has 1 aliphatic rings. The molecule has 0 aromatic heterocycles. The molecule has 0 spiro atoms. The number of nitrogens with zero attached hydrogens (tertiary/aromatic N) is 1. The molecule has 1 fully saturated rings. The molecule has 1 aromatic carbocycles. The van der Waals surface area contributed by atoms with E-state index in [1.54, 1.807) is 0 Å². The molecule has 1 aromatic rings. The summed E-state index contributed by atoms with van der Waals surface area (Å²) in [5.41, 5.74) is -4.46. The van der Waals surface area contributed by atoms with Gasteiger partial charge in [-0.1, -0.05) is 12.1 Å². The van der Waals surface area contributed by atoms with E-state index in [-0.39, 0.29) is 35.3 Å². The first-order chi connectivity index (χ1) is 10.1. The maximum Gasteiger partial charge on any atom is 0.446 e. The number of halogens is 4. The van der Waals surface area contributed by atoms with E-state index in [0.29, 0.717) is 0 Å². The van der Waals surface area contributed by atoms with E-state index in [9.17, 15) is 30.3 Å². The number of carbonyl (C=O) groups excluding carboxylic acids is 1. The Morgan fingerprint density at radius 1 is 1.27 bits per heavy atom. The molecule has 0 radical (unpaired) electrons. The fraction of sp³-hybridized carbons (Fsp3) is 0.417. The summed E-state index contributed by atoms with van der Waals surface area (Å²) in [4.78, 5) is 12.8. The lowest BCUT2D eigenvalue weighted by atomic mass is 10.1. The van der Waals surface area contributed by atoms with Gasteiger partial charge in [-0.2, -0.15) is 21.6 Å². The molecule has 122 valence electrons. The molecule has 0 bridgehead atoms. The van der Waals surface area contributed by atoms with Gasteiger partial charge < -0.3 is 4.90 Å². The Morgan fingerprint density at radius 3 is 2.50 bits per heavy atom. The maximum atomic E-state index is 12.7. The summed E-state index contributed by atoms with van der Waals surface area (Å²) < 4.78 is 71.6. The molecule has 2 rings (SSSR count). The van der Waals surface area contributed by atoms with E-state index in [2.05, 4.69) is 0 Å². The van der Waals surface area contributed by atoms with E-state index < -0.39 is 33.3 Å². The van der Waals surface area contributed by atoms with Crippen molar-refractivity contribution < 1.29 is 30.3 Å². The molecule has 0 saturated carbocycles. The van der Waals surface area contributed by atoms with Crippen LogP contribution in [0, 0.1) is 5.92 Å². The average molecular weight is 357 g/mol. The van der Waals surface area contributed by atoms with Crippen LogP contribution in [-0.4, -0.2) is 32.1 Å². The van der Waals surface area contributed by atoms with Gasteiger partial charge in [-0.15, -0.1) is 3.89 Å². The van der Waals surface area contributed by atoms with Crippen molar-refractivity contribution in [2.45, 2.75) is 16.8 Å². The zero-order valence-electron chi connectivity index (χ0n) is 11.0. The molecule has 1 atom stereocenters. The SMILES string of the molecule is O=C1CC(CS(=O)(=O)F)CN1c1ccccc1SC(F)(F)F. The van der Waals surface area contributed by atoms with Gasteiger partial charge in [-0.3, -0.25) is 4.79 Å². The molecule has 1 unspecified atom stereocenters. The number of carbonyl (C=O) groups is 1. The van der Waals surface area contributed by atoms with Crippen molar-refractivity contribution in [3.63, 3.8) is 0 Å². The lowest BCUT2D eigenvalue weighted by molar-refractivity contribution is -0.117. The average Bonchev–Trinajstić information content (AvgIpc) is 2.66. The van der Waals surface area contributed by atoms with Crippen LogP contribution >= 0.6 is 11.8 Å². The highest BCUT2D eigenvalue weighted by Crippen LogP contribution is 2.42. The van der Waals surface area contributed by atoms with Gasteiger partial charge in [-0.25, -0.2) is 0 Å². The number of hydrogen-bond acceptors (Lipinski definition) is 4. The molecule has 1 amide bonds. The number of hydrogen-bond donors (Lipinski definition) is 0. The second kappa shape index (κ2) is 6.07. The van der Waals surface area contributed by atoms with Gasteiger partial charge in [0, 0.05) is 23.8 Å². The highest BCUT2D eigenvalue weighted by atomic mass is 32.3. The fourth-order valence-electron chi connectivity index (χ4n) is 2.30. The monoisotopic (exact) mass is 357 g/mol. The highest BCUT2D eigenvalue weighted by Gasteiger charge is 2.36. The van der Waals surface area contributed by atoms with Gasteiger partial charge in [0.1, 0.15) is 0 Å².